The third-order valence-corrected chi connectivity index (χ3v) is 2.68. The summed E-state index contributed by atoms with van der Waals surface area (Å²) in [4.78, 5) is 0. The zero-order chi connectivity index (χ0) is 10.8. The van der Waals surface area contributed by atoms with Crippen molar-refractivity contribution in [2.75, 3.05) is 7.05 Å². The van der Waals surface area contributed by atoms with Gasteiger partial charge in [0, 0.05) is 26.0 Å². The van der Waals surface area contributed by atoms with Crippen LogP contribution in [0, 0.1) is 0 Å². The molecule has 15 heavy (non-hydrogen) atoms. The minimum atomic E-state index is 0.945. The van der Waals surface area contributed by atoms with Gasteiger partial charge in [-0.3, -0.25) is 4.68 Å². The van der Waals surface area contributed by atoms with Crippen molar-refractivity contribution < 1.29 is 0 Å². The summed E-state index contributed by atoms with van der Waals surface area (Å²) >= 11 is 0. The van der Waals surface area contributed by atoms with Crippen LogP contribution in [0.15, 0.2) is 42.3 Å². The maximum Gasteiger partial charge on any atom is 0.0675 e. The van der Waals surface area contributed by atoms with Crippen molar-refractivity contribution in [1.29, 1.82) is 0 Å². The van der Waals surface area contributed by atoms with Gasteiger partial charge < -0.3 is 5.32 Å². The number of aryl methyl sites for hydroxylation is 1. The van der Waals surface area contributed by atoms with Crippen molar-refractivity contribution in [2.24, 2.45) is 7.05 Å². The van der Waals surface area contributed by atoms with Crippen molar-refractivity contribution in [2.45, 2.75) is 6.42 Å². The Morgan fingerprint density at radius 2 is 2.40 bits per heavy atom. The molecule has 0 saturated carbocycles. The summed E-state index contributed by atoms with van der Waals surface area (Å²) in [6.07, 6.45) is 7.12. The molecule has 1 aromatic heterocycles. The van der Waals surface area contributed by atoms with Gasteiger partial charge in [-0.15, -0.1) is 0 Å². The predicted molar refractivity (Wildman–Crippen MR) is 62.1 cm³/mol. The Morgan fingerprint density at radius 3 is 3.00 bits per heavy atom. The molecule has 1 aliphatic carbocycles. The first-order valence-electron chi connectivity index (χ1n) is 4.98. The maximum atomic E-state index is 4.16. The Hall–Kier alpha value is -1.77. The molecule has 1 heterocycles. The largest absolute Gasteiger partial charge is 0.388 e. The predicted octanol–water partition coefficient (Wildman–Crippen LogP) is 1.87. The molecule has 3 nitrogen and oxygen atoms in total. The Balaban J connectivity index is 2.25. The van der Waals surface area contributed by atoms with Crippen molar-refractivity contribution in [3.05, 3.63) is 48.0 Å². The highest BCUT2D eigenvalue weighted by Gasteiger charge is 2.12. The molecule has 0 aliphatic heterocycles. The van der Waals surface area contributed by atoms with E-state index in [1.807, 2.05) is 31.0 Å². The van der Waals surface area contributed by atoms with E-state index in [1.54, 1.807) is 0 Å². The third kappa shape index (κ3) is 1.73. The lowest BCUT2D eigenvalue weighted by molar-refractivity contribution is 0.757. The topological polar surface area (TPSA) is 29.9 Å². The number of rotatable bonds is 3. The fourth-order valence-corrected chi connectivity index (χ4v) is 1.73. The van der Waals surface area contributed by atoms with Crippen LogP contribution < -0.4 is 5.32 Å². The smallest absolute Gasteiger partial charge is 0.0675 e. The molecule has 0 unspecified atom stereocenters. The van der Waals surface area contributed by atoms with E-state index < -0.39 is 0 Å². The van der Waals surface area contributed by atoms with Gasteiger partial charge in [0.15, 0.2) is 0 Å². The number of allylic oxidation sites excluding steroid dienone is 4. The van der Waals surface area contributed by atoms with Gasteiger partial charge in [0.2, 0.25) is 0 Å². The fraction of sp³-hybridized carbons (Fsp3) is 0.250. The summed E-state index contributed by atoms with van der Waals surface area (Å²) in [5, 5.41) is 7.23. The standard InChI is InChI=1S/C12H15N3/c1-9(13-2)10-4-5-11(8-10)12-6-7-14-15(12)3/h5-8,13H,1,4H2,2-3H3. The molecular weight excluding hydrogens is 186 g/mol. The van der Waals surface area contributed by atoms with Gasteiger partial charge in [0.05, 0.1) is 5.69 Å². The number of nitrogens with zero attached hydrogens (tertiary/aromatic N) is 2. The van der Waals surface area contributed by atoms with Crippen LogP contribution in [0.25, 0.3) is 5.57 Å². The summed E-state index contributed by atoms with van der Waals surface area (Å²) in [6.45, 7) is 3.96. The first kappa shape index (κ1) is 9.77. The van der Waals surface area contributed by atoms with E-state index in [-0.39, 0.29) is 0 Å². The van der Waals surface area contributed by atoms with Crippen LogP contribution in [0.2, 0.25) is 0 Å². The monoisotopic (exact) mass is 201 g/mol. The lowest BCUT2D eigenvalue weighted by Gasteiger charge is -2.04. The molecule has 3 heteroatoms. The van der Waals surface area contributed by atoms with Crippen LogP contribution in [-0.4, -0.2) is 16.8 Å². The van der Waals surface area contributed by atoms with E-state index >= 15 is 0 Å². The van der Waals surface area contributed by atoms with E-state index in [0.29, 0.717) is 0 Å². The number of nitrogens with one attached hydrogen (secondary N) is 1. The molecule has 1 aromatic rings. The molecule has 0 bridgehead atoms. The zero-order valence-electron chi connectivity index (χ0n) is 9.12. The van der Waals surface area contributed by atoms with Crippen LogP contribution in [0.3, 0.4) is 0 Å². The Bertz CT molecular complexity index is 449. The molecule has 78 valence electrons. The van der Waals surface area contributed by atoms with Crippen molar-refractivity contribution in [3.8, 4) is 0 Å². The third-order valence-electron chi connectivity index (χ3n) is 2.68. The second-order valence-electron chi connectivity index (χ2n) is 3.60. The molecule has 0 amide bonds. The van der Waals surface area contributed by atoms with Gasteiger partial charge >= 0.3 is 0 Å². The zero-order valence-corrected chi connectivity index (χ0v) is 9.12. The second kappa shape index (κ2) is 3.77. The highest BCUT2D eigenvalue weighted by Crippen LogP contribution is 2.28. The molecule has 0 spiro atoms. The minimum absolute atomic E-state index is 0.945. The first-order chi connectivity index (χ1) is 7.22. The van der Waals surface area contributed by atoms with Gasteiger partial charge in [-0.25, -0.2) is 0 Å². The van der Waals surface area contributed by atoms with Gasteiger partial charge in [-0.2, -0.15) is 5.10 Å². The van der Waals surface area contributed by atoms with Gasteiger partial charge in [-0.05, 0) is 29.7 Å². The minimum Gasteiger partial charge on any atom is -0.388 e. The lowest BCUT2D eigenvalue weighted by atomic mass is 10.1. The molecule has 1 N–H and O–H groups in total. The molecular formula is C12H15N3. The van der Waals surface area contributed by atoms with Crippen molar-refractivity contribution in [3.63, 3.8) is 0 Å². The van der Waals surface area contributed by atoms with E-state index in [0.717, 1.165) is 17.8 Å². The van der Waals surface area contributed by atoms with Crippen LogP contribution in [0.5, 0.6) is 0 Å². The van der Waals surface area contributed by atoms with Crippen molar-refractivity contribution >= 4 is 5.57 Å². The fourth-order valence-electron chi connectivity index (χ4n) is 1.73. The average molecular weight is 201 g/mol. The number of hydrogen-bond donors (Lipinski definition) is 1. The van der Waals surface area contributed by atoms with E-state index in [2.05, 4.69) is 29.1 Å². The highest BCUT2D eigenvalue weighted by molar-refractivity contribution is 5.77. The van der Waals surface area contributed by atoms with E-state index in [9.17, 15) is 0 Å². The maximum absolute atomic E-state index is 4.16. The number of hydrogen-bond acceptors (Lipinski definition) is 2. The van der Waals surface area contributed by atoms with E-state index in [4.69, 9.17) is 0 Å². The van der Waals surface area contributed by atoms with E-state index in [1.165, 1.54) is 11.1 Å². The molecule has 0 aromatic carbocycles. The number of aromatic nitrogens is 2. The average Bonchev–Trinajstić information content (AvgIpc) is 2.84. The van der Waals surface area contributed by atoms with Gasteiger partial charge in [-0.1, -0.05) is 12.7 Å². The molecule has 0 saturated heterocycles. The summed E-state index contributed by atoms with van der Waals surface area (Å²) < 4.78 is 1.88. The summed E-state index contributed by atoms with van der Waals surface area (Å²) in [6, 6.07) is 2.02. The molecule has 0 fully saturated rings. The summed E-state index contributed by atoms with van der Waals surface area (Å²) in [5.41, 5.74) is 4.60. The Morgan fingerprint density at radius 1 is 1.60 bits per heavy atom. The lowest BCUT2D eigenvalue weighted by Crippen LogP contribution is -2.05. The van der Waals surface area contributed by atoms with Crippen molar-refractivity contribution in [1.82, 2.24) is 15.1 Å². The molecule has 2 rings (SSSR count). The summed E-state index contributed by atoms with van der Waals surface area (Å²) in [7, 11) is 3.85. The van der Waals surface area contributed by atoms with Gasteiger partial charge in [0.25, 0.3) is 0 Å². The van der Waals surface area contributed by atoms with Crippen LogP contribution in [0.1, 0.15) is 12.1 Å². The normalized spacial score (nSPS) is 14.8. The van der Waals surface area contributed by atoms with Crippen LogP contribution >= 0.6 is 0 Å². The van der Waals surface area contributed by atoms with Gasteiger partial charge in [0.1, 0.15) is 0 Å². The SMILES string of the molecule is C=C(NC)C1=CC(c2ccnn2C)=CC1. The Kier molecular flexibility index (Phi) is 2.46. The first-order valence-corrected chi connectivity index (χ1v) is 4.98. The quantitative estimate of drug-likeness (QED) is 0.809. The molecule has 0 radical (unpaired) electrons. The Labute approximate surface area is 89.8 Å². The highest BCUT2D eigenvalue weighted by atomic mass is 15.3. The number of likely N-dealkylation sites (N-methyl/N-ethyl adjacent to an activating group) is 1. The van der Waals surface area contributed by atoms with Crippen LogP contribution in [-0.2, 0) is 7.05 Å². The van der Waals surface area contributed by atoms with Crippen LogP contribution in [0.4, 0.5) is 0 Å². The molecule has 1 aliphatic rings. The second-order valence-corrected chi connectivity index (χ2v) is 3.60. The summed E-state index contributed by atoms with van der Waals surface area (Å²) in [5.74, 6) is 0. The molecule has 0 atom stereocenters.